The third-order valence-electron chi connectivity index (χ3n) is 4.16. The zero-order valence-corrected chi connectivity index (χ0v) is 13.7. The predicted octanol–water partition coefficient (Wildman–Crippen LogP) is 2.15. The third-order valence-corrected chi connectivity index (χ3v) is 4.16. The fraction of sp³-hybridized carbons (Fsp3) is 0.188. The number of H-pyrrole nitrogens is 1. The Balaban J connectivity index is 1.89. The highest BCUT2D eigenvalue weighted by atomic mass is 16.6. The van der Waals surface area contributed by atoms with Crippen LogP contribution < -0.4 is 5.43 Å². The molecular weight excluding hydrogens is 340 g/mol. The number of rotatable bonds is 3. The van der Waals surface area contributed by atoms with E-state index in [9.17, 15) is 14.9 Å². The van der Waals surface area contributed by atoms with Gasteiger partial charge in [-0.25, -0.2) is 9.48 Å². The Morgan fingerprint density at radius 1 is 1.42 bits per heavy atom. The second kappa shape index (κ2) is 5.99. The van der Waals surface area contributed by atoms with Crippen molar-refractivity contribution in [2.24, 2.45) is 5.10 Å². The minimum atomic E-state index is -0.888. The third kappa shape index (κ3) is 2.31. The maximum atomic E-state index is 12.1. The number of fused-ring (bicyclic) bond motifs is 2. The number of nitrogens with zero attached hydrogens (tertiary/aromatic N) is 4. The highest BCUT2D eigenvalue weighted by Gasteiger charge is 2.40. The standard InChI is InChI=1S/C16H14N6O4/c1-2-26-16(23)11-8-18-21-13(15(22(24)25)20-19-14(11)21)10-7-17-12-6-4-3-5-9(10)12/h3-8,13,17,19H,2H2,1H3. The first kappa shape index (κ1) is 15.8. The number of esters is 1. The zero-order chi connectivity index (χ0) is 18.3. The molecule has 0 bridgehead atoms. The molecule has 0 radical (unpaired) electrons. The Labute approximate surface area is 146 Å². The van der Waals surface area contributed by atoms with E-state index in [0.29, 0.717) is 5.56 Å². The minimum Gasteiger partial charge on any atom is -0.462 e. The number of aromatic amines is 1. The number of aromatic nitrogens is 3. The first-order chi connectivity index (χ1) is 12.6. The number of hydrogen-bond donors (Lipinski definition) is 2. The van der Waals surface area contributed by atoms with E-state index in [1.165, 1.54) is 10.9 Å². The van der Waals surface area contributed by atoms with Crippen molar-refractivity contribution < 1.29 is 14.5 Å². The molecule has 0 spiro atoms. The van der Waals surface area contributed by atoms with Crippen molar-refractivity contribution in [2.75, 3.05) is 12.0 Å². The van der Waals surface area contributed by atoms with Gasteiger partial charge in [0.2, 0.25) is 0 Å². The van der Waals surface area contributed by atoms with E-state index in [0.717, 1.165) is 10.9 Å². The Kier molecular flexibility index (Phi) is 3.64. The zero-order valence-electron chi connectivity index (χ0n) is 13.7. The van der Waals surface area contributed by atoms with Gasteiger partial charge in [0.05, 0.1) is 17.9 Å². The van der Waals surface area contributed by atoms with Crippen LogP contribution in [0.2, 0.25) is 0 Å². The van der Waals surface area contributed by atoms with E-state index >= 15 is 0 Å². The van der Waals surface area contributed by atoms with Crippen LogP contribution in [0.3, 0.4) is 0 Å². The molecule has 1 unspecified atom stereocenters. The maximum Gasteiger partial charge on any atom is 0.393 e. The van der Waals surface area contributed by atoms with Gasteiger partial charge in [0.15, 0.2) is 11.9 Å². The minimum absolute atomic E-state index is 0.169. The lowest BCUT2D eigenvalue weighted by Gasteiger charge is -2.19. The lowest BCUT2D eigenvalue weighted by Crippen LogP contribution is -2.33. The van der Waals surface area contributed by atoms with Crippen molar-refractivity contribution in [1.29, 1.82) is 0 Å². The smallest absolute Gasteiger partial charge is 0.393 e. The van der Waals surface area contributed by atoms with E-state index in [-0.39, 0.29) is 23.8 Å². The number of anilines is 1. The van der Waals surface area contributed by atoms with Gasteiger partial charge in [0, 0.05) is 22.7 Å². The normalized spacial score (nSPS) is 15.9. The van der Waals surface area contributed by atoms with Crippen LogP contribution in [0.1, 0.15) is 28.9 Å². The molecule has 0 saturated carbocycles. The number of hydrazone groups is 1. The summed E-state index contributed by atoms with van der Waals surface area (Å²) in [5.41, 5.74) is 4.20. The van der Waals surface area contributed by atoms with Crippen LogP contribution in [0.5, 0.6) is 0 Å². The summed E-state index contributed by atoms with van der Waals surface area (Å²) in [6.45, 7) is 1.90. The summed E-state index contributed by atoms with van der Waals surface area (Å²) in [7, 11) is 0. The van der Waals surface area contributed by atoms with Crippen LogP contribution in [0.15, 0.2) is 41.8 Å². The van der Waals surface area contributed by atoms with E-state index in [1.807, 2.05) is 24.3 Å². The Morgan fingerprint density at radius 2 is 2.23 bits per heavy atom. The van der Waals surface area contributed by atoms with Crippen molar-refractivity contribution in [3.05, 3.63) is 57.9 Å². The number of carbonyl (C=O) groups excluding carboxylic acids is 1. The molecule has 0 amide bonds. The number of hydrogen-bond acceptors (Lipinski definition) is 7. The van der Waals surface area contributed by atoms with Crippen LogP contribution in [0.4, 0.5) is 5.82 Å². The van der Waals surface area contributed by atoms with Gasteiger partial charge in [-0.1, -0.05) is 18.2 Å². The van der Waals surface area contributed by atoms with Crippen LogP contribution >= 0.6 is 0 Å². The molecule has 4 rings (SSSR count). The first-order valence-electron chi connectivity index (χ1n) is 7.90. The van der Waals surface area contributed by atoms with Gasteiger partial charge in [-0.2, -0.15) is 10.5 Å². The second-order valence-corrected chi connectivity index (χ2v) is 5.60. The molecule has 132 valence electrons. The largest absolute Gasteiger partial charge is 0.462 e. The molecule has 0 fully saturated rings. The van der Waals surface area contributed by atoms with Crippen LogP contribution in [-0.2, 0) is 4.74 Å². The molecule has 1 aliphatic rings. The van der Waals surface area contributed by atoms with E-state index in [4.69, 9.17) is 4.74 Å². The summed E-state index contributed by atoms with van der Waals surface area (Å²) in [6, 6.07) is 6.55. The average Bonchev–Trinajstić information content (AvgIpc) is 3.25. The maximum absolute atomic E-state index is 12.1. The number of amidine groups is 1. The average molecular weight is 354 g/mol. The summed E-state index contributed by atoms with van der Waals surface area (Å²) in [5, 5.41) is 20.4. The van der Waals surface area contributed by atoms with Crippen LogP contribution in [-0.4, -0.2) is 38.1 Å². The van der Waals surface area contributed by atoms with Gasteiger partial charge in [0.25, 0.3) is 0 Å². The highest BCUT2D eigenvalue weighted by molar-refractivity contribution is 5.97. The fourth-order valence-corrected chi connectivity index (χ4v) is 3.04. The Morgan fingerprint density at radius 3 is 3.00 bits per heavy atom. The van der Waals surface area contributed by atoms with Gasteiger partial charge >= 0.3 is 11.8 Å². The Bertz CT molecular complexity index is 1050. The van der Waals surface area contributed by atoms with Gasteiger partial charge in [-0.3, -0.25) is 0 Å². The summed E-state index contributed by atoms with van der Waals surface area (Å²) >= 11 is 0. The summed E-state index contributed by atoms with van der Waals surface area (Å²) in [4.78, 5) is 26.2. The van der Waals surface area contributed by atoms with Crippen molar-refractivity contribution in [1.82, 2.24) is 14.8 Å². The molecule has 0 saturated heterocycles. The van der Waals surface area contributed by atoms with Crippen molar-refractivity contribution in [2.45, 2.75) is 13.0 Å². The number of nitrogens with one attached hydrogen (secondary N) is 2. The van der Waals surface area contributed by atoms with Crippen molar-refractivity contribution in [3.8, 4) is 0 Å². The number of ether oxygens (including phenoxy) is 1. The molecule has 3 heterocycles. The van der Waals surface area contributed by atoms with E-state index in [1.54, 1.807) is 13.1 Å². The molecule has 1 atom stereocenters. The number of benzene rings is 1. The van der Waals surface area contributed by atoms with Gasteiger partial charge < -0.3 is 19.8 Å². The monoisotopic (exact) mass is 354 g/mol. The van der Waals surface area contributed by atoms with Gasteiger partial charge in [-0.05, 0) is 17.9 Å². The summed E-state index contributed by atoms with van der Waals surface area (Å²) in [5.74, 6) is -0.635. The highest BCUT2D eigenvalue weighted by Crippen LogP contribution is 2.34. The number of nitro groups is 1. The topological polar surface area (TPSA) is 127 Å². The molecule has 3 aromatic rings. The lowest BCUT2D eigenvalue weighted by molar-refractivity contribution is -0.355. The fourth-order valence-electron chi connectivity index (χ4n) is 3.04. The quantitative estimate of drug-likeness (QED) is 0.421. The van der Waals surface area contributed by atoms with Crippen LogP contribution in [0, 0.1) is 10.1 Å². The molecular formula is C16H14N6O4. The van der Waals surface area contributed by atoms with Crippen LogP contribution in [0.25, 0.3) is 10.9 Å². The predicted molar refractivity (Wildman–Crippen MR) is 92.7 cm³/mol. The second-order valence-electron chi connectivity index (χ2n) is 5.60. The summed E-state index contributed by atoms with van der Waals surface area (Å²) < 4.78 is 6.38. The molecule has 1 aliphatic heterocycles. The molecule has 1 aromatic carbocycles. The van der Waals surface area contributed by atoms with Crippen molar-refractivity contribution >= 4 is 28.5 Å². The number of carbonyl (C=O) groups is 1. The SMILES string of the molecule is CCOC(=O)c1cnn2c1NN=C([N+](=O)[O-])C2c1c[nH]c2ccccc12. The Hall–Kier alpha value is -3.69. The van der Waals surface area contributed by atoms with Crippen molar-refractivity contribution in [3.63, 3.8) is 0 Å². The number of para-hydroxylation sites is 1. The van der Waals surface area contributed by atoms with E-state index in [2.05, 4.69) is 20.6 Å². The van der Waals surface area contributed by atoms with Gasteiger partial charge in [0.1, 0.15) is 5.56 Å². The van der Waals surface area contributed by atoms with E-state index < -0.39 is 16.9 Å². The molecule has 2 N–H and O–H groups in total. The molecule has 26 heavy (non-hydrogen) atoms. The van der Waals surface area contributed by atoms with Gasteiger partial charge in [-0.15, -0.1) is 0 Å². The molecule has 0 aliphatic carbocycles. The molecule has 10 nitrogen and oxygen atoms in total. The molecule has 2 aromatic heterocycles. The summed E-state index contributed by atoms with van der Waals surface area (Å²) in [6.07, 6.45) is 3.01. The lowest BCUT2D eigenvalue weighted by atomic mass is 10.0. The molecule has 10 heteroatoms. The first-order valence-corrected chi connectivity index (χ1v) is 7.90.